The molecule has 0 bridgehead atoms. The third kappa shape index (κ3) is 9.91. The smallest absolute Gasteiger partial charge is 0.259 e. The van der Waals surface area contributed by atoms with Crippen molar-refractivity contribution in [2.75, 3.05) is 27.2 Å². The van der Waals surface area contributed by atoms with Gasteiger partial charge in [0.2, 0.25) is 0 Å². The van der Waals surface area contributed by atoms with Crippen LogP contribution in [-0.2, 0) is 11.2 Å². The number of hydrogen-bond donors (Lipinski definition) is 1. The Morgan fingerprint density at radius 3 is 2.19 bits per heavy atom. The summed E-state index contributed by atoms with van der Waals surface area (Å²) in [7, 11) is 3.43. The molecule has 0 aliphatic rings. The summed E-state index contributed by atoms with van der Waals surface area (Å²) in [4.78, 5) is 12.9. The van der Waals surface area contributed by atoms with E-state index in [1.165, 1.54) is 10.5 Å². The van der Waals surface area contributed by atoms with Gasteiger partial charge in [-0.2, -0.15) is 0 Å². The van der Waals surface area contributed by atoms with Crippen LogP contribution in [0.2, 0.25) is 0 Å². The minimum absolute atomic E-state index is 0. The van der Waals surface area contributed by atoms with Crippen molar-refractivity contribution in [2.24, 2.45) is 5.73 Å². The first-order valence-corrected chi connectivity index (χ1v) is 7.25. The van der Waals surface area contributed by atoms with Gasteiger partial charge in [0.1, 0.15) is 5.75 Å². The van der Waals surface area contributed by atoms with Crippen LogP contribution in [-0.4, -0.2) is 38.1 Å². The maximum absolute atomic E-state index is 11.3. The third-order valence-electron chi connectivity index (χ3n) is 2.70. The van der Waals surface area contributed by atoms with E-state index >= 15 is 0 Å². The largest absolute Gasteiger partial charge is 0.484 e. The summed E-state index contributed by atoms with van der Waals surface area (Å²) in [6, 6.07) is 7.87. The van der Waals surface area contributed by atoms with Crippen molar-refractivity contribution >= 4 is 5.91 Å². The number of aryl methyl sites for hydroxylation is 1. The fourth-order valence-electron chi connectivity index (χ4n) is 1.50. The molecule has 0 radical (unpaired) electrons. The molecule has 122 valence electrons. The highest BCUT2D eigenvalue weighted by Crippen LogP contribution is 2.13. The van der Waals surface area contributed by atoms with Gasteiger partial charge in [-0.1, -0.05) is 33.4 Å². The van der Waals surface area contributed by atoms with Crippen LogP contribution in [0.4, 0.5) is 0 Å². The predicted molar refractivity (Wildman–Crippen MR) is 90.7 cm³/mol. The molecule has 0 saturated heterocycles. The van der Waals surface area contributed by atoms with Gasteiger partial charge >= 0.3 is 0 Å². The van der Waals surface area contributed by atoms with Crippen LogP contribution in [0.3, 0.4) is 0 Å². The molecule has 0 spiro atoms. The first-order chi connectivity index (χ1) is 9.63. The molecule has 0 atom stereocenters. The number of carbonyl (C=O) groups is 1. The van der Waals surface area contributed by atoms with E-state index in [-0.39, 0.29) is 19.9 Å². The van der Waals surface area contributed by atoms with Crippen LogP contribution in [0.25, 0.3) is 0 Å². The molecular formula is C17H32N2O2. The lowest BCUT2D eigenvalue weighted by Gasteiger charge is -2.11. The van der Waals surface area contributed by atoms with Crippen molar-refractivity contribution < 1.29 is 9.53 Å². The molecular weight excluding hydrogens is 264 g/mol. The molecule has 1 aromatic carbocycles. The number of rotatable bonds is 7. The number of carbonyl (C=O) groups excluding carboxylic acids is 1. The molecule has 2 N–H and O–H groups in total. The average Bonchev–Trinajstić information content (AvgIpc) is 2.48. The summed E-state index contributed by atoms with van der Waals surface area (Å²) >= 11 is 0. The summed E-state index contributed by atoms with van der Waals surface area (Å²) in [6.45, 7) is 4.83. The Kier molecular flexibility index (Phi) is 13.9. The van der Waals surface area contributed by atoms with Crippen molar-refractivity contribution in [3.05, 3.63) is 29.8 Å². The molecule has 4 heteroatoms. The zero-order valence-corrected chi connectivity index (χ0v) is 13.2. The Bertz CT molecular complexity index is 362. The van der Waals surface area contributed by atoms with Crippen LogP contribution < -0.4 is 10.5 Å². The number of unbranched alkanes of at least 4 members (excludes halogenated alkanes) is 1. The predicted octanol–water partition coefficient (Wildman–Crippen LogP) is 3.10. The van der Waals surface area contributed by atoms with Gasteiger partial charge < -0.3 is 15.4 Å². The zero-order chi connectivity index (χ0) is 15.4. The Labute approximate surface area is 130 Å². The van der Waals surface area contributed by atoms with Gasteiger partial charge in [0.05, 0.1) is 0 Å². The van der Waals surface area contributed by atoms with Crippen LogP contribution in [0, 0.1) is 0 Å². The Hall–Kier alpha value is -1.55. The van der Waals surface area contributed by atoms with E-state index in [1.54, 1.807) is 14.1 Å². The molecule has 1 aromatic rings. The van der Waals surface area contributed by atoms with Gasteiger partial charge in [-0.3, -0.25) is 4.79 Å². The van der Waals surface area contributed by atoms with E-state index in [0.717, 1.165) is 31.6 Å². The maximum Gasteiger partial charge on any atom is 0.259 e. The molecule has 4 nitrogen and oxygen atoms in total. The topological polar surface area (TPSA) is 55.6 Å². The van der Waals surface area contributed by atoms with Crippen LogP contribution >= 0.6 is 0 Å². The average molecular weight is 296 g/mol. The molecule has 21 heavy (non-hydrogen) atoms. The van der Waals surface area contributed by atoms with Crippen LogP contribution in [0.5, 0.6) is 5.75 Å². The van der Waals surface area contributed by atoms with Crippen molar-refractivity contribution in [1.82, 2.24) is 4.90 Å². The molecule has 1 rings (SSSR count). The van der Waals surface area contributed by atoms with Crippen LogP contribution in [0.15, 0.2) is 24.3 Å². The highest BCUT2D eigenvalue weighted by molar-refractivity contribution is 5.77. The van der Waals surface area contributed by atoms with Crippen LogP contribution in [0.1, 0.15) is 39.7 Å². The minimum atomic E-state index is -0.0398. The second kappa shape index (κ2) is 13.4. The molecule has 0 unspecified atom stereocenters. The first kappa shape index (κ1) is 21.7. The highest BCUT2D eigenvalue weighted by atomic mass is 16.5. The fraction of sp³-hybridized carbons (Fsp3) is 0.588. The van der Waals surface area contributed by atoms with Crippen molar-refractivity contribution in [3.8, 4) is 5.75 Å². The van der Waals surface area contributed by atoms with Gasteiger partial charge in [0, 0.05) is 14.1 Å². The van der Waals surface area contributed by atoms with E-state index in [0.29, 0.717) is 0 Å². The number of benzene rings is 1. The Morgan fingerprint density at radius 2 is 1.71 bits per heavy atom. The number of nitrogens with two attached hydrogens (primary N) is 1. The highest BCUT2D eigenvalue weighted by Gasteiger charge is 2.04. The van der Waals surface area contributed by atoms with E-state index in [9.17, 15) is 4.79 Å². The number of likely N-dealkylation sites (N-methyl/N-ethyl adjacent to an activating group) is 1. The summed E-state index contributed by atoms with van der Waals surface area (Å²) in [5.41, 5.74) is 6.73. The molecule has 0 aromatic heterocycles. The Balaban J connectivity index is 0. The lowest BCUT2D eigenvalue weighted by Crippen LogP contribution is -2.27. The normalized spacial score (nSPS) is 9.00. The number of ether oxygens (including phenoxy) is 1. The van der Waals surface area contributed by atoms with Crippen molar-refractivity contribution in [3.63, 3.8) is 0 Å². The molecule has 0 fully saturated rings. The third-order valence-corrected chi connectivity index (χ3v) is 2.70. The van der Waals surface area contributed by atoms with E-state index in [1.807, 2.05) is 38.1 Å². The number of amides is 1. The van der Waals surface area contributed by atoms with E-state index in [4.69, 9.17) is 10.5 Å². The SMILES string of the molecule is C.CC.CN(C)C(=O)COc1ccc(CCCCN)cc1. The number of nitrogens with zero attached hydrogens (tertiary/aromatic N) is 1. The molecule has 0 saturated carbocycles. The summed E-state index contributed by atoms with van der Waals surface area (Å²) in [5.74, 6) is 0.690. The molecule has 0 heterocycles. The second-order valence-corrected chi connectivity index (χ2v) is 4.47. The molecule has 0 aliphatic carbocycles. The lowest BCUT2D eigenvalue weighted by atomic mass is 10.1. The van der Waals surface area contributed by atoms with E-state index in [2.05, 4.69) is 0 Å². The maximum atomic E-state index is 11.3. The lowest BCUT2D eigenvalue weighted by molar-refractivity contribution is -0.130. The number of hydrogen-bond acceptors (Lipinski definition) is 3. The second-order valence-electron chi connectivity index (χ2n) is 4.47. The fourth-order valence-corrected chi connectivity index (χ4v) is 1.50. The Morgan fingerprint density at radius 1 is 1.14 bits per heavy atom. The standard InChI is InChI=1S/C14H22N2O2.C2H6.CH4/c1-16(2)14(17)11-18-13-8-6-12(7-9-13)5-3-4-10-15;1-2;/h6-9H,3-5,10-11,15H2,1-2H3;1-2H3;1H4. The van der Waals surface area contributed by atoms with Gasteiger partial charge in [-0.15, -0.1) is 0 Å². The van der Waals surface area contributed by atoms with E-state index < -0.39 is 0 Å². The van der Waals surface area contributed by atoms with Crippen molar-refractivity contribution in [1.29, 1.82) is 0 Å². The summed E-state index contributed by atoms with van der Waals surface area (Å²) in [5, 5.41) is 0. The van der Waals surface area contributed by atoms with Gasteiger partial charge in [-0.25, -0.2) is 0 Å². The monoisotopic (exact) mass is 296 g/mol. The molecule has 0 aliphatic heterocycles. The minimum Gasteiger partial charge on any atom is -0.484 e. The van der Waals surface area contributed by atoms with Gasteiger partial charge in [-0.05, 0) is 43.5 Å². The summed E-state index contributed by atoms with van der Waals surface area (Å²) in [6.07, 6.45) is 3.19. The van der Waals surface area contributed by atoms with Gasteiger partial charge in [0.15, 0.2) is 6.61 Å². The van der Waals surface area contributed by atoms with Gasteiger partial charge in [0.25, 0.3) is 5.91 Å². The quantitative estimate of drug-likeness (QED) is 0.787. The summed E-state index contributed by atoms with van der Waals surface area (Å²) < 4.78 is 5.40. The van der Waals surface area contributed by atoms with Crippen molar-refractivity contribution in [2.45, 2.75) is 40.5 Å². The zero-order valence-electron chi connectivity index (χ0n) is 13.2. The first-order valence-electron chi connectivity index (χ1n) is 7.25. The molecule has 1 amide bonds.